The molecule has 1 unspecified atom stereocenters. The van der Waals surface area contributed by atoms with Crippen LogP contribution in [-0.4, -0.2) is 19.9 Å². The van der Waals surface area contributed by atoms with Gasteiger partial charge >= 0.3 is 0 Å². The summed E-state index contributed by atoms with van der Waals surface area (Å²) >= 11 is 0. The van der Waals surface area contributed by atoms with Gasteiger partial charge in [-0.1, -0.05) is 170 Å². The van der Waals surface area contributed by atoms with E-state index in [9.17, 15) is 0 Å². The molecule has 1 atom stereocenters. The molecule has 58 heavy (non-hydrogen) atoms. The minimum Gasteiger partial charge on any atom is -0.247 e. The number of fused-ring (bicyclic) bond motifs is 6. The van der Waals surface area contributed by atoms with E-state index in [0.717, 1.165) is 55.4 Å². The van der Waals surface area contributed by atoms with Crippen molar-refractivity contribution in [1.29, 1.82) is 0 Å². The van der Waals surface area contributed by atoms with Crippen molar-refractivity contribution in [2.45, 2.75) is 12.3 Å². The van der Waals surface area contributed by atoms with E-state index in [4.69, 9.17) is 19.9 Å². The molecular weight excluding hydrogens is 705 g/mol. The Bertz CT molecular complexity index is 3120. The SMILES string of the molecule is CC1(c2ccccc2)c2ccccc2-c2cc(-c3cc(-c4nc(-c5ccccc5)nc(-c5ccccc5)n4)cc(-c4nc5ccccc5c5ccccc45)c3)ccc21. The lowest BCUT2D eigenvalue weighted by atomic mass is 9.74. The third-order valence-electron chi connectivity index (χ3n) is 11.8. The highest BCUT2D eigenvalue weighted by Crippen LogP contribution is 2.53. The summed E-state index contributed by atoms with van der Waals surface area (Å²) in [5.41, 5.74) is 13.9. The predicted molar refractivity (Wildman–Crippen MR) is 237 cm³/mol. The molecule has 0 aliphatic heterocycles. The van der Waals surface area contributed by atoms with Crippen molar-refractivity contribution >= 4 is 21.7 Å². The van der Waals surface area contributed by atoms with E-state index in [0.29, 0.717) is 17.5 Å². The van der Waals surface area contributed by atoms with E-state index in [1.54, 1.807) is 0 Å². The highest BCUT2D eigenvalue weighted by Gasteiger charge is 2.40. The number of rotatable bonds is 6. The van der Waals surface area contributed by atoms with Crippen LogP contribution >= 0.6 is 0 Å². The summed E-state index contributed by atoms with van der Waals surface area (Å²) in [6.45, 7) is 2.36. The first kappa shape index (κ1) is 33.8. The third kappa shape index (κ3) is 5.53. The Morgan fingerprint density at radius 1 is 0.328 bits per heavy atom. The fraction of sp³-hybridized carbons (Fsp3) is 0.0370. The van der Waals surface area contributed by atoms with Gasteiger partial charge in [0.1, 0.15) is 0 Å². The standard InChI is InChI=1S/C54H36N4/c1-54(41-21-9-4-10-22-41)47-27-15-13-24-43(47)46-34-37(29-30-48(46)54)38-31-39(50-45-26-12-11-23-42(45)44-25-14-16-28-49(44)55-50)33-40(32-38)53-57-51(35-17-5-2-6-18-35)56-52(58-53)36-19-7-3-8-20-36/h2-34H,1H3. The highest BCUT2D eigenvalue weighted by atomic mass is 15.0. The van der Waals surface area contributed by atoms with Gasteiger partial charge in [-0.15, -0.1) is 0 Å². The van der Waals surface area contributed by atoms with Gasteiger partial charge in [-0.3, -0.25) is 0 Å². The number of nitrogens with zero attached hydrogens (tertiary/aromatic N) is 4. The molecule has 0 N–H and O–H groups in total. The number of benzene rings is 8. The summed E-state index contributed by atoms with van der Waals surface area (Å²) < 4.78 is 0. The maximum absolute atomic E-state index is 5.36. The van der Waals surface area contributed by atoms with Crippen molar-refractivity contribution in [1.82, 2.24) is 19.9 Å². The fourth-order valence-corrected chi connectivity index (χ4v) is 8.89. The fourth-order valence-electron chi connectivity index (χ4n) is 8.89. The van der Waals surface area contributed by atoms with Gasteiger partial charge in [0.05, 0.1) is 11.2 Å². The van der Waals surface area contributed by atoms with Crippen molar-refractivity contribution in [2.75, 3.05) is 0 Å². The van der Waals surface area contributed by atoms with Crippen LogP contribution < -0.4 is 0 Å². The average molecular weight is 741 g/mol. The van der Waals surface area contributed by atoms with Crippen LogP contribution in [0.25, 0.3) is 89.4 Å². The minimum atomic E-state index is -0.279. The van der Waals surface area contributed by atoms with Crippen LogP contribution in [0.1, 0.15) is 23.6 Å². The van der Waals surface area contributed by atoms with Gasteiger partial charge < -0.3 is 0 Å². The molecule has 10 aromatic rings. The molecule has 0 amide bonds. The lowest BCUT2D eigenvalue weighted by Gasteiger charge is -2.28. The summed E-state index contributed by atoms with van der Waals surface area (Å²) in [4.78, 5) is 20.7. The molecule has 0 radical (unpaired) electrons. The van der Waals surface area contributed by atoms with Gasteiger partial charge in [-0.05, 0) is 81.6 Å². The molecule has 2 aromatic heterocycles. The molecule has 0 saturated carbocycles. The zero-order valence-corrected chi connectivity index (χ0v) is 31.8. The molecule has 0 bridgehead atoms. The second kappa shape index (κ2) is 13.6. The smallest absolute Gasteiger partial charge is 0.164 e. The molecule has 8 aromatic carbocycles. The molecule has 4 heteroatoms. The zero-order valence-electron chi connectivity index (χ0n) is 31.8. The predicted octanol–water partition coefficient (Wildman–Crippen LogP) is 13.2. The van der Waals surface area contributed by atoms with E-state index < -0.39 is 0 Å². The highest BCUT2D eigenvalue weighted by molar-refractivity contribution is 6.11. The van der Waals surface area contributed by atoms with E-state index >= 15 is 0 Å². The lowest BCUT2D eigenvalue weighted by Crippen LogP contribution is -2.22. The van der Waals surface area contributed by atoms with Gasteiger partial charge in [0.2, 0.25) is 0 Å². The van der Waals surface area contributed by atoms with Crippen molar-refractivity contribution in [3.63, 3.8) is 0 Å². The van der Waals surface area contributed by atoms with Gasteiger partial charge in [-0.25, -0.2) is 19.9 Å². The van der Waals surface area contributed by atoms with Crippen molar-refractivity contribution in [2.24, 2.45) is 0 Å². The molecule has 4 nitrogen and oxygen atoms in total. The molecule has 1 aliphatic carbocycles. The second-order valence-electron chi connectivity index (χ2n) is 15.2. The number of aromatic nitrogens is 4. The Hall–Kier alpha value is -7.56. The first-order valence-electron chi connectivity index (χ1n) is 19.7. The Morgan fingerprint density at radius 3 is 1.55 bits per heavy atom. The van der Waals surface area contributed by atoms with Crippen LogP contribution in [-0.2, 0) is 5.41 Å². The summed E-state index contributed by atoms with van der Waals surface area (Å²) in [5.74, 6) is 1.85. The van der Waals surface area contributed by atoms with Gasteiger partial charge in [-0.2, -0.15) is 0 Å². The summed E-state index contributed by atoms with van der Waals surface area (Å²) in [6.07, 6.45) is 0. The second-order valence-corrected chi connectivity index (χ2v) is 15.2. The maximum Gasteiger partial charge on any atom is 0.164 e. The molecule has 11 rings (SSSR count). The molecule has 2 heterocycles. The minimum absolute atomic E-state index is 0.279. The van der Waals surface area contributed by atoms with Crippen LogP contribution in [0.4, 0.5) is 0 Å². The number of hydrogen-bond donors (Lipinski definition) is 0. The Kier molecular flexibility index (Phi) is 7.90. The monoisotopic (exact) mass is 740 g/mol. The first-order valence-corrected chi connectivity index (χ1v) is 19.7. The lowest BCUT2D eigenvalue weighted by molar-refractivity contribution is 0.714. The normalized spacial score (nSPS) is 14.4. The van der Waals surface area contributed by atoms with Crippen LogP contribution in [0.2, 0.25) is 0 Å². The molecular formula is C54H36N4. The maximum atomic E-state index is 5.36. The van der Waals surface area contributed by atoms with E-state index in [2.05, 4.69) is 146 Å². The topological polar surface area (TPSA) is 51.6 Å². The number of para-hydroxylation sites is 1. The van der Waals surface area contributed by atoms with E-state index in [1.807, 2.05) is 60.7 Å². The van der Waals surface area contributed by atoms with E-state index in [-0.39, 0.29) is 5.41 Å². The van der Waals surface area contributed by atoms with Crippen LogP contribution in [0.5, 0.6) is 0 Å². The molecule has 272 valence electrons. The van der Waals surface area contributed by atoms with Gasteiger partial charge in [0.15, 0.2) is 17.5 Å². The van der Waals surface area contributed by atoms with Crippen LogP contribution in [0, 0.1) is 0 Å². The Labute approximate surface area is 337 Å². The first-order chi connectivity index (χ1) is 28.6. The van der Waals surface area contributed by atoms with Crippen molar-refractivity contribution < 1.29 is 0 Å². The largest absolute Gasteiger partial charge is 0.247 e. The summed E-state index contributed by atoms with van der Waals surface area (Å²) in [5, 5.41) is 3.40. The quantitative estimate of drug-likeness (QED) is 0.159. The van der Waals surface area contributed by atoms with Gasteiger partial charge in [0, 0.05) is 38.4 Å². The van der Waals surface area contributed by atoms with Crippen LogP contribution in [0.3, 0.4) is 0 Å². The van der Waals surface area contributed by atoms with Gasteiger partial charge in [0.25, 0.3) is 0 Å². The molecule has 0 fully saturated rings. The number of pyridine rings is 1. The molecule has 0 saturated heterocycles. The zero-order chi connectivity index (χ0) is 38.6. The summed E-state index contributed by atoms with van der Waals surface area (Å²) in [7, 11) is 0. The molecule has 1 aliphatic rings. The Morgan fingerprint density at radius 2 is 0.845 bits per heavy atom. The van der Waals surface area contributed by atoms with Crippen molar-refractivity contribution in [3.05, 3.63) is 217 Å². The van der Waals surface area contributed by atoms with Crippen molar-refractivity contribution in [3.8, 4) is 67.7 Å². The average Bonchev–Trinajstić information content (AvgIpc) is 3.57. The molecule has 0 spiro atoms. The van der Waals surface area contributed by atoms with Crippen LogP contribution in [0.15, 0.2) is 200 Å². The Balaban J connectivity index is 1.17. The summed E-state index contributed by atoms with van der Waals surface area (Å²) in [6, 6.07) is 70.7. The van der Waals surface area contributed by atoms with E-state index in [1.165, 1.54) is 33.2 Å². The number of hydrogen-bond acceptors (Lipinski definition) is 4. The third-order valence-corrected chi connectivity index (χ3v) is 11.8.